The van der Waals surface area contributed by atoms with Crippen LogP contribution in [-0.4, -0.2) is 35.4 Å². The fourth-order valence-electron chi connectivity index (χ4n) is 4.79. The average Bonchev–Trinajstić information content (AvgIpc) is 2.85. The molecule has 5 heteroatoms. The van der Waals surface area contributed by atoms with Crippen LogP contribution in [-0.2, 0) is 17.8 Å². The van der Waals surface area contributed by atoms with E-state index in [0.29, 0.717) is 19.5 Å². The third kappa shape index (κ3) is 5.66. The molecule has 3 aromatic rings. The molecule has 0 atom stereocenters. The van der Waals surface area contributed by atoms with Gasteiger partial charge in [0.15, 0.2) is 0 Å². The molecule has 0 spiro atoms. The molecule has 0 unspecified atom stereocenters. The first-order valence-electron chi connectivity index (χ1n) is 11.8. The van der Waals surface area contributed by atoms with Crippen molar-refractivity contribution in [2.45, 2.75) is 39.2 Å². The monoisotopic (exact) mass is 445 g/mol. The summed E-state index contributed by atoms with van der Waals surface area (Å²) in [6, 6.07) is 19.1. The molecule has 1 aromatic heterocycles. The number of amides is 1. The van der Waals surface area contributed by atoms with Gasteiger partial charge in [-0.1, -0.05) is 49.4 Å². The number of piperidine rings is 1. The number of pyridine rings is 1. The molecule has 2 heterocycles. The maximum absolute atomic E-state index is 13.6. The van der Waals surface area contributed by atoms with Crippen LogP contribution in [0.15, 0.2) is 73.1 Å². The highest BCUT2D eigenvalue weighted by Crippen LogP contribution is 2.38. The maximum Gasteiger partial charge on any atom is 0.226 e. The van der Waals surface area contributed by atoms with E-state index < -0.39 is 5.41 Å². The van der Waals surface area contributed by atoms with Crippen molar-refractivity contribution in [2.75, 3.05) is 19.6 Å². The standard InChI is InChI=1S/C28H32FN3O/c1-2-14-31-27(33)28(12-16-32(17-13-28)21-22-7-5-10-25(29)18-22)19-23-8-3-4-11-26(23)24-9-6-15-30-20-24/h3-11,15,18,20H,2,12-14,16-17,19,21H2,1H3,(H,31,33). The van der Waals surface area contributed by atoms with Crippen molar-refractivity contribution in [3.05, 3.63) is 90.0 Å². The molecule has 1 aliphatic heterocycles. The Morgan fingerprint density at radius 2 is 1.91 bits per heavy atom. The molecule has 4 nitrogen and oxygen atoms in total. The first kappa shape index (κ1) is 23.1. The van der Waals surface area contributed by atoms with E-state index in [1.807, 2.05) is 30.5 Å². The van der Waals surface area contributed by atoms with Gasteiger partial charge >= 0.3 is 0 Å². The summed E-state index contributed by atoms with van der Waals surface area (Å²) in [6.45, 7) is 5.09. The molecule has 4 rings (SSSR count). The molecule has 0 aliphatic carbocycles. The van der Waals surface area contributed by atoms with Crippen LogP contribution in [0.5, 0.6) is 0 Å². The minimum atomic E-state index is -0.452. The van der Waals surface area contributed by atoms with Crippen molar-refractivity contribution in [1.82, 2.24) is 15.2 Å². The number of likely N-dealkylation sites (tertiary alicyclic amines) is 1. The van der Waals surface area contributed by atoms with Crippen LogP contribution in [0, 0.1) is 11.2 Å². The second-order valence-corrected chi connectivity index (χ2v) is 9.02. The smallest absolute Gasteiger partial charge is 0.226 e. The van der Waals surface area contributed by atoms with Crippen LogP contribution in [0.3, 0.4) is 0 Å². The summed E-state index contributed by atoms with van der Waals surface area (Å²) in [7, 11) is 0. The number of carbonyl (C=O) groups is 1. The van der Waals surface area contributed by atoms with Crippen molar-refractivity contribution in [1.29, 1.82) is 0 Å². The fraction of sp³-hybridized carbons (Fsp3) is 0.357. The molecule has 1 fully saturated rings. The second-order valence-electron chi connectivity index (χ2n) is 9.02. The first-order chi connectivity index (χ1) is 16.1. The normalized spacial score (nSPS) is 15.8. The molecule has 0 saturated carbocycles. The third-order valence-electron chi connectivity index (χ3n) is 6.64. The Morgan fingerprint density at radius 3 is 2.64 bits per heavy atom. The lowest BCUT2D eigenvalue weighted by Gasteiger charge is -2.41. The number of nitrogens with zero attached hydrogens (tertiary/aromatic N) is 2. The number of rotatable bonds is 8. The summed E-state index contributed by atoms with van der Waals surface area (Å²) in [5, 5.41) is 3.17. The minimum Gasteiger partial charge on any atom is -0.356 e. The van der Waals surface area contributed by atoms with E-state index in [9.17, 15) is 9.18 Å². The predicted molar refractivity (Wildman–Crippen MR) is 130 cm³/mol. The zero-order valence-electron chi connectivity index (χ0n) is 19.3. The molecular formula is C28H32FN3O. The summed E-state index contributed by atoms with van der Waals surface area (Å²) in [6.07, 6.45) is 6.82. The van der Waals surface area contributed by atoms with Crippen molar-refractivity contribution in [2.24, 2.45) is 5.41 Å². The lowest BCUT2D eigenvalue weighted by molar-refractivity contribution is -0.134. The lowest BCUT2D eigenvalue weighted by Crippen LogP contribution is -2.50. The maximum atomic E-state index is 13.6. The number of hydrogen-bond donors (Lipinski definition) is 1. The summed E-state index contributed by atoms with van der Waals surface area (Å²) >= 11 is 0. The van der Waals surface area contributed by atoms with Gasteiger partial charge < -0.3 is 5.32 Å². The summed E-state index contributed by atoms with van der Waals surface area (Å²) < 4.78 is 13.6. The van der Waals surface area contributed by atoms with E-state index in [1.54, 1.807) is 18.3 Å². The highest BCUT2D eigenvalue weighted by atomic mass is 19.1. The Morgan fingerprint density at radius 1 is 1.09 bits per heavy atom. The Kier molecular flexibility index (Phi) is 7.50. The molecule has 1 saturated heterocycles. The van der Waals surface area contributed by atoms with E-state index in [-0.39, 0.29) is 11.7 Å². The van der Waals surface area contributed by atoms with Gasteiger partial charge in [-0.3, -0.25) is 14.7 Å². The van der Waals surface area contributed by atoms with Gasteiger partial charge in [-0.05, 0) is 73.7 Å². The quantitative estimate of drug-likeness (QED) is 0.516. The number of carbonyl (C=O) groups excluding carboxylic acids is 1. The summed E-state index contributed by atoms with van der Waals surface area (Å²) in [5.41, 5.74) is 3.90. The predicted octanol–water partition coefficient (Wildman–Crippen LogP) is 5.24. The van der Waals surface area contributed by atoms with Gasteiger partial charge in [-0.25, -0.2) is 4.39 Å². The Bertz CT molecular complexity index is 1060. The number of benzene rings is 2. The lowest BCUT2D eigenvalue weighted by atomic mass is 9.72. The molecule has 172 valence electrons. The number of nitrogens with one attached hydrogen (secondary N) is 1. The number of hydrogen-bond acceptors (Lipinski definition) is 3. The van der Waals surface area contributed by atoms with Gasteiger partial charge in [-0.15, -0.1) is 0 Å². The summed E-state index contributed by atoms with van der Waals surface area (Å²) in [5.74, 6) is -0.0550. The Hall–Kier alpha value is -3.05. The SMILES string of the molecule is CCCNC(=O)C1(Cc2ccccc2-c2cccnc2)CCN(Cc2cccc(F)c2)CC1. The van der Waals surface area contributed by atoms with Gasteiger partial charge in [-0.2, -0.15) is 0 Å². The van der Waals surface area contributed by atoms with E-state index in [2.05, 4.69) is 40.3 Å². The molecule has 0 bridgehead atoms. The zero-order chi connectivity index (χ0) is 23.1. The highest BCUT2D eigenvalue weighted by molar-refractivity contribution is 5.83. The van der Waals surface area contributed by atoms with Gasteiger partial charge in [0, 0.05) is 31.0 Å². The number of halogens is 1. The van der Waals surface area contributed by atoms with Crippen LogP contribution in [0.1, 0.15) is 37.3 Å². The van der Waals surface area contributed by atoms with Crippen LogP contribution >= 0.6 is 0 Å². The average molecular weight is 446 g/mol. The van der Waals surface area contributed by atoms with Crippen molar-refractivity contribution >= 4 is 5.91 Å². The van der Waals surface area contributed by atoms with Crippen LogP contribution in [0.2, 0.25) is 0 Å². The highest BCUT2D eigenvalue weighted by Gasteiger charge is 2.41. The van der Waals surface area contributed by atoms with Gasteiger partial charge in [0.2, 0.25) is 5.91 Å². The number of aromatic nitrogens is 1. The molecule has 1 aliphatic rings. The molecule has 0 radical (unpaired) electrons. The van der Waals surface area contributed by atoms with E-state index >= 15 is 0 Å². The van der Waals surface area contributed by atoms with Gasteiger partial charge in [0.1, 0.15) is 5.82 Å². The minimum absolute atomic E-state index is 0.149. The molecule has 2 aromatic carbocycles. The van der Waals surface area contributed by atoms with Crippen molar-refractivity contribution in [3.8, 4) is 11.1 Å². The third-order valence-corrected chi connectivity index (χ3v) is 6.64. The van der Waals surface area contributed by atoms with E-state index in [4.69, 9.17) is 0 Å². The Labute approximate surface area is 195 Å². The molecule has 1 amide bonds. The van der Waals surface area contributed by atoms with Crippen molar-refractivity contribution in [3.63, 3.8) is 0 Å². The molecule has 33 heavy (non-hydrogen) atoms. The van der Waals surface area contributed by atoms with Gasteiger partial charge in [0.25, 0.3) is 0 Å². The largest absolute Gasteiger partial charge is 0.356 e. The van der Waals surface area contributed by atoms with E-state index in [0.717, 1.165) is 49.0 Å². The molecule has 1 N–H and O–H groups in total. The fourth-order valence-corrected chi connectivity index (χ4v) is 4.79. The van der Waals surface area contributed by atoms with Gasteiger partial charge in [0.05, 0.1) is 5.41 Å². The van der Waals surface area contributed by atoms with Crippen LogP contribution in [0.25, 0.3) is 11.1 Å². The Balaban J connectivity index is 1.55. The first-order valence-corrected chi connectivity index (χ1v) is 11.8. The van der Waals surface area contributed by atoms with Crippen LogP contribution in [0.4, 0.5) is 4.39 Å². The topological polar surface area (TPSA) is 45.2 Å². The summed E-state index contributed by atoms with van der Waals surface area (Å²) in [4.78, 5) is 20.1. The zero-order valence-corrected chi connectivity index (χ0v) is 19.3. The van der Waals surface area contributed by atoms with Crippen molar-refractivity contribution < 1.29 is 9.18 Å². The second kappa shape index (κ2) is 10.7. The van der Waals surface area contributed by atoms with Crippen LogP contribution < -0.4 is 5.32 Å². The van der Waals surface area contributed by atoms with E-state index in [1.165, 1.54) is 11.6 Å². The molecular weight excluding hydrogens is 413 g/mol.